The van der Waals surface area contributed by atoms with Crippen LogP contribution in [0, 0.1) is 0 Å². The number of hydrogen-bond acceptors (Lipinski definition) is 2. The van der Waals surface area contributed by atoms with Crippen molar-refractivity contribution in [3.05, 3.63) is 28.8 Å². The van der Waals surface area contributed by atoms with Gasteiger partial charge in [0.15, 0.2) is 0 Å². The molecule has 0 radical (unpaired) electrons. The number of benzene rings is 1. The number of rotatable bonds is 2. The topological polar surface area (TPSA) is 6.48 Å². The minimum Gasteiger partial charge on any atom is -0.370 e. The first-order valence-electron chi connectivity index (χ1n) is 5.98. The maximum atomic E-state index is 6.25. The van der Waals surface area contributed by atoms with Gasteiger partial charge in [0.25, 0.3) is 0 Å². The Kier molecular flexibility index (Phi) is 4.71. The summed E-state index contributed by atoms with van der Waals surface area (Å²) in [6.07, 6.45) is 1.22. The van der Waals surface area contributed by atoms with Gasteiger partial charge in [0.05, 0.1) is 0 Å². The van der Waals surface area contributed by atoms with Crippen LogP contribution < -0.4 is 4.90 Å². The van der Waals surface area contributed by atoms with E-state index in [1.165, 1.54) is 18.7 Å². The number of likely N-dealkylation sites (N-methyl/N-ethyl adjacent to an activating group) is 1. The van der Waals surface area contributed by atoms with Crippen molar-refractivity contribution in [1.29, 1.82) is 0 Å². The third-order valence-corrected chi connectivity index (χ3v) is 4.22. The van der Waals surface area contributed by atoms with Crippen LogP contribution in [0.25, 0.3) is 0 Å². The average molecular weight is 318 g/mol. The molecule has 2 nitrogen and oxygen atoms in total. The Morgan fingerprint density at radius 3 is 2.76 bits per heavy atom. The van der Waals surface area contributed by atoms with Crippen molar-refractivity contribution in [1.82, 2.24) is 4.90 Å². The lowest BCUT2D eigenvalue weighted by Gasteiger charge is -2.23. The second kappa shape index (κ2) is 6.07. The van der Waals surface area contributed by atoms with Crippen LogP contribution in [0.2, 0.25) is 5.02 Å². The van der Waals surface area contributed by atoms with E-state index in [0.29, 0.717) is 0 Å². The van der Waals surface area contributed by atoms with E-state index in [0.717, 1.165) is 35.6 Å². The molecule has 1 fully saturated rings. The molecule has 1 heterocycles. The zero-order valence-corrected chi connectivity index (χ0v) is 12.5. The molecule has 4 heteroatoms. The van der Waals surface area contributed by atoms with Gasteiger partial charge < -0.3 is 9.80 Å². The van der Waals surface area contributed by atoms with Crippen molar-refractivity contribution in [2.75, 3.05) is 38.1 Å². The molecule has 0 spiro atoms. The standard InChI is InChI=1S/C13H18BrClN2/c1-16-5-2-6-17(8-7-16)12-4-3-11(10-14)13(15)9-12/h3-4,9H,2,5-8,10H2,1H3. The normalized spacial score (nSPS) is 18.2. The maximum absolute atomic E-state index is 6.25. The van der Waals surface area contributed by atoms with Crippen LogP contribution in [0.5, 0.6) is 0 Å². The third-order valence-electron chi connectivity index (χ3n) is 3.27. The highest BCUT2D eigenvalue weighted by molar-refractivity contribution is 9.08. The Balaban J connectivity index is 2.13. The molecule has 0 aromatic heterocycles. The van der Waals surface area contributed by atoms with Gasteiger partial charge in [-0.1, -0.05) is 33.6 Å². The highest BCUT2D eigenvalue weighted by atomic mass is 79.9. The van der Waals surface area contributed by atoms with E-state index in [4.69, 9.17) is 11.6 Å². The van der Waals surface area contributed by atoms with E-state index in [1.807, 2.05) is 0 Å². The molecule has 1 saturated heterocycles. The van der Waals surface area contributed by atoms with E-state index < -0.39 is 0 Å². The number of nitrogens with zero attached hydrogens (tertiary/aromatic N) is 2. The first-order valence-corrected chi connectivity index (χ1v) is 7.48. The summed E-state index contributed by atoms with van der Waals surface area (Å²) in [4.78, 5) is 4.81. The number of anilines is 1. The monoisotopic (exact) mass is 316 g/mol. The summed E-state index contributed by atoms with van der Waals surface area (Å²) in [6.45, 7) is 4.51. The van der Waals surface area contributed by atoms with Crippen LogP contribution in [-0.2, 0) is 5.33 Å². The second-order valence-corrected chi connectivity index (χ2v) is 5.52. The molecule has 0 N–H and O–H groups in total. The lowest BCUT2D eigenvalue weighted by Crippen LogP contribution is -2.28. The van der Waals surface area contributed by atoms with E-state index in [1.54, 1.807) is 0 Å². The van der Waals surface area contributed by atoms with Crippen LogP contribution >= 0.6 is 27.5 Å². The van der Waals surface area contributed by atoms with Gasteiger partial charge in [0.2, 0.25) is 0 Å². The highest BCUT2D eigenvalue weighted by Crippen LogP contribution is 2.25. The summed E-state index contributed by atoms with van der Waals surface area (Å²) in [5.74, 6) is 0. The summed E-state index contributed by atoms with van der Waals surface area (Å²) in [5.41, 5.74) is 2.40. The van der Waals surface area contributed by atoms with Crippen LogP contribution in [0.4, 0.5) is 5.69 Å². The summed E-state index contributed by atoms with van der Waals surface area (Å²) in [7, 11) is 2.18. The van der Waals surface area contributed by atoms with Gasteiger partial charge in [0, 0.05) is 35.7 Å². The fourth-order valence-corrected chi connectivity index (χ4v) is 3.04. The summed E-state index contributed by atoms with van der Waals surface area (Å²) < 4.78 is 0. The Morgan fingerprint density at radius 2 is 2.06 bits per heavy atom. The van der Waals surface area contributed by atoms with Gasteiger partial charge in [-0.2, -0.15) is 0 Å². The van der Waals surface area contributed by atoms with Crippen LogP contribution in [0.3, 0.4) is 0 Å². The Labute approximate surface area is 117 Å². The Hall–Kier alpha value is -0.250. The smallest absolute Gasteiger partial charge is 0.0467 e. The summed E-state index contributed by atoms with van der Waals surface area (Å²) in [5, 5.41) is 1.67. The van der Waals surface area contributed by atoms with E-state index in [2.05, 4.69) is 51.0 Å². The molecule has 1 aliphatic rings. The third kappa shape index (κ3) is 3.36. The van der Waals surface area contributed by atoms with Gasteiger partial charge in [0.1, 0.15) is 0 Å². The molecule has 1 aromatic rings. The highest BCUT2D eigenvalue weighted by Gasteiger charge is 2.13. The van der Waals surface area contributed by atoms with Crippen molar-refractivity contribution in [2.24, 2.45) is 0 Å². The van der Waals surface area contributed by atoms with Gasteiger partial charge in [-0.15, -0.1) is 0 Å². The molecule has 94 valence electrons. The predicted octanol–water partition coefficient (Wildman–Crippen LogP) is 3.38. The molecule has 0 unspecified atom stereocenters. The molecule has 17 heavy (non-hydrogen) atoms. The van der Waals surface area contributed by atoms with Crippen LogP contribution in [0.15, 0.2) is 18.2 Å². The number of hydrogen-bond donors (Lipinski definition) is 0. The summed E-state index contributed by atoms with van der Waals surface area (Å²) >= 11 is 9.70. The summed E-state index contributed by atoms with van der Waals surface area (Å²) in [6, 6.07) is 6.37. The average Bonchev–Trinajstić information content (AvgIpc) is 2.54. The quantitative estimate of drug-likeness (QED) is 0.772. The SMILES string of the molecule is CN1CCCN(c2ccc(CBr)c(Cl)c2)CC1. The second-order valence-electron chi connectivity index (χ2n) is 4.55. The van der Waals surface area contributed by atoms with Gasteiger partial charge >= 0.3 is 0 Å². The maximum Gasteiger partial charge on any atom is 0.0467 e. The van der Waals surface area contributed by atoms with Crippen LogP contribution in [-0.4, -0.2) is 38.1 Å². The molecule has 1 aliphatic heterocycles. The molecule has 0 saturated carbocycles. The van der Waals surface area contributed by atoms with Crippen LogP contribution in [0.1, 0.15) is 12.0 Å². The van der Waals surface area contributed by atoms with E-state index in [-0.39, 0.29) is 0 Å². The molecular weight excluding hydrogens is 300 g/mol. The van der Waals surface area contributed by atoms with Gasteiger partial charge in [-0.25, -0.2) is 0 Å². The Morgan fingerprint density at radius 1 is 1.24 bits per heavy atom. The van der Waals surface area contributed by atoms with Gasteiger partial charge in [-0.05, 0) is 37.7 Å². The minimum atomic E-state index is 0.814. The first kappa shape index (κ1) is 13.2. The zero-order valence-electron chi connectivity index (χ0n) is 10.1. The first-order chi connectivity index (χ1) is 8.20. The lowest BCUT2D eigenvalue weighted by molar-refractivity contribution is 0.360. The molecule has 1 aromatic carbocycles. The molecule has 0 bridgehead atoms. The van der Waals surface area contributed by atoms with Crippen molar-refractivity contribution in [3.8, 4) is 0 Å². The molecule has 0 amide bonds. The van der Waals surface area contributed by atoms with E-state index in [9.17, 15) is 0 Å². The molecule has 2 rings (SSSR count). The van der Waals surface area contributed by atoms with Crippen molar-refractivity contribution in [3.63, 3.8) is 0 Å². The van der Waals surface area contributed by atoms with Crippen molar-refractivity contribution >= 4 is 33.2 Å². The number of halogens is 2. The molecular formula is C13H18BrClN2. The predicted molar refractivity (Wildman–Crippen MR) is 78.4 cm³/mol. The number of alkyl halides is 1. The fourth-order valence-electron chi connectivity index (χ4n) is 2.15. The minimum absolute atomic E-state index is 0.814. The fraction of sp³-hybridized carbons (Fsp3) is 0.538. The molecule has 0 atom stereocenters. The van der Waals surface area contributed by atoms with Crippen molar-refractivity contribution in [2.45, 2.75) is 11.8 Å². The van der Waals surface area contributed by atoms with Crippen molar-refractivity contribution < 1.29 is 0 Å². The zero-order chi connectivity index (χ0) is 12.3. The lowest BCUT2D eigenvalue weighted by atomic mass is 10.2. The molecule has 0 aliphatic carbocycles. The van der Waals surface area contributed by atoms with Gasteiger partial charge in [-0.3, -0.25) is 0 Å². The largest absolute Gasteiger partial charge is 0.370 e. The Bertz CT molecular complexity index is 384. The van der Waals surface area contributed by atoms with E-state index >= 15 is 0 Å².